The van der Waals surface area contributed by atoms with Gasteiger partial charge in [-0.3, -0.25) is 4.79 Å². The number of nitrogens with one attached hydrogen (secondary N) is 2. The van der Waals surface area contributed by atoms with Gasteiger partial charge in [-0.15, -0.1) is 0 Å². The molecule has 27 heavy (non-hydrogen) atoms. The summed E-state index contributed by atoms with van der Waals surface area (Å²) in [6, 6.07) is 19.1. The molecule has 1 atom stereocenters. The van der Waals surface area contributed by atoms with Gasteiger partial charge in [0.15, 0.2) is 0 Å². The lowest BCUT2D eigenvalue weighted by molar-refractivity contribution is -0.123. The van der Waals surface area contributed by atoms with Gasteiger partial charge in [0.05, 0.1) is 0 Å². The number of hydrogen-bond acceptors (Lipinski definition) is 3. The van der Waals surface area contributed by atoms with Gasteiger partial charge in [0.2, 0.25) is 5.91 Å². The smallest absolute Gasteiger partial charge is 0.405 e. The van der Waals surface area contributed by atoms with Crippen molar-refractivity contribution in [2.45, 2.75) is 31.2 Å². The predicted molar refractivity (Wildman–Crippen MR) is 106 cm³/mol. The third-order valence-corrected chi connectivity index (χ3v) is 4.45. The van der Waals surface area contributed by atoms with Crippen LogP contribution in [-0.4, -0.2) is 36.2 Å². The van der Waals surface area contributed by atoms with Crippen molar-refractivity contribution in [3.63, 3.8) is 0 Å². The minimum atomic E-state index is -1.20. The molecule has 0 spiro atoms. The van der Waals surface area contributed by atoms with E-state index in [2.05, 4.69) is 10.6 Å². The van der Waals surface area contributed by atoms with E-state index in [1.807, 2.05) is 60.7 Å². The second kappa shape index (κ2) is 11.0. The van der Waals surface area contributed by atoms with Crippen LogP contribution in [0, 0.1) is 0 Å². The molecule has 0 aliphatic rings. The van der Waals surface area contributed by atoms with Crippen molar-refractivity contribution in [3.05, 3.63) is 71.8 Å². The molecule has 0 unspecified atom stereocenters. The van der Waals surface area contributed by atoms with E-state index in [-0.39, 0.29) is 11.8 Å². The van der Waals surface area contributed by atoms with E-state index in [0.717, 1.165) is 17.5 Å². The fourth-order valence-corrected chi connectivity index (χ4v) is 3.04. The number of carbonyl (C=O) groups is 2. The first-order chi connectivity index (χ1) is 13.1. The lowest BCUT2D eigenvalue weighted by atomic mass is 9.91. The van der Waals surface area contributed by atoms with Crippen molar-refractivity contribution in [1.82, 2.24) is 10.6 Å². The normalized spacial score (nSPS) is 11.8. The Morgan fingerprint density at radius 2 is 1.48 bits per heavy atom. The highest BCUT2D eigenvalue weighted by Gasteiger charge is 2.22. The molecule has 0 saturated carbocycles. The fourth-order valence-electron chi connectivity index (χ4n) is 3.04. The van der Waals surface area contributed by atoms with Crippen molar-refractivity contribution in [1.29, 1.82) is 0 Å². The SMILES string of the molecule is NCCCC[C@H](NC(=O)O)C(=O)NCC(c1ccccc1)c1ccccc1. The highest BCUT2D eigenvalue weighted by Crippen LogP contribution is 2.23. The van der Waals surface area contributed by atoms with E-state index in [0.29, 0.717) is 25.9 Å². The molecule has 0 bridgehead atoms. The van der Waals surface area contributed by atoms with Crippen LogP contribution in [0.4, 0.5) is 4.79 Å². The fraction of sp³-hybridized carbons (Fsp3) is 0.333. The zero-order valence-electron chi connectivity index (χ0n) is 15.3. The number of rotatable bonds is 10. The van der Waals surface area contributed by atoms with E-state index >= 15 is 0 Å². The summed E-state index contributed by atoms with van der Waals surface area (Å²) < 4.78 is 0. The Hall–Kier alpha value is -2.86. The van der Waals surface area contributed by atoms with Gasteiger partial charge in [0, 0.05) is 12.5 Å². The molecule has 0 fully saturated rings. The Balaban J connectivity index is 2.08. The topological polar surface area (TPSA) is 104 Å². The van der Waals surface area contributed by atoms with Gasteiger partial charge in [0.25, 0.3) is 0 Å². The van der Waals surface area contributed by atoms with Crippen LogP contribution in [0.2, 0.25) is 0 Å². The molecule has 2 rings (SSSR count). The molecule has 0 heterocycles. The molecule has 2 aromatic rings. The van der Waals surface area contributed by atoms with E-state index in [1.54, 1.807) is 0 Å². The third-order valence-electron chi connectivity index (χ3n) is 4.45. The van der Waals surface area contributed by atoms with Crippen molar-refractivity contribution in [3.8, 4) is 0 Å². The van der Waals surface area contributed by atoms with Crippen molar-refractivity contribution >= 4 is 12.0 Å². The molecule has 2 aromatic carbocycles. The van der Waals surface area contributed by atoms with E-state index in [1.165, 1.54) is 0 Å². The number of benzene rings is 2. The number of nitrogens with two attached hydrogens (primary N) is 1. The maximum Gasteiger partial charge on any atom is 0.405 e. The lowest BCUT2D eigenvalue weighted by Crippen LogP contribution is -2.47. The Bertz CT molecular complexity index is 668. The van der Waals surface area contributed by atoms with E-state index in [4.69, 9.17) is 10.8 Å². The molecule has 0 aliphatic heterocycles. The molecule has 0 aromatic heterocycles. The van der Waals surface area contributed by atoms with Gasteiger partial charge < -0.3 is 21.5 Å². The van der Waals surface area contributed by atoms with Crippen LogP contribution >= 0.6 is 0 Å². The summed E-state index contributed by atoms with van der Waals surface area (Å²) in [5, 5.41) is 14.2. The zero-order valence-corrected chi connectivity index (χ0v) is 15.3. The summed E-state index contributed by atoms with van der Waals surface area (Å²) in [4.78, 5) is 23.6. The molecule has 6 nitrogen and oxygen atoms in total. The number of carbonyl (C=O) groups excluding carboxylic acids is 1. The van der Waals surface area contributed by atoms with Gasteiger partial charge >= 0.3 is 6.09 Å². The maximum absolute atomic E-state index is 12.6. The molecular formula is C21H27N3O3. The first-order valence-corrected chi connectivity index (χ1v) is 9.19. The molecular weight excluding hydrogens is 342 g/mol. The molecule has 0 saturated heterocycles. The largest absolute Gasteiger partial charge is 0.465 e. The number of unbranched alkanes of at least 4 members (excludes halogenated alkanes) is 1. The highest BCUT2D eigenvalue weighted by molar-refractivity contribution is 5.85. The molecule has 0 aliphatic carbocycles. The van der Waals surface area contributed by atoms with Gasteiger partial charge in [-0.25, -0.2) is 4.79 Å². The number of hydrogen-bond donors (Lipinski definition) is 4. The summed E-state index contributed by atoms with van der Waals surface area (Å²) in [5.74, 6) is -0.322. The van der Waals surface area contributed by atoms with Crippen LogP contribution in [0.15, 0.2) is 60.7 Å². The molecule has 6 heteroatoms. The van der Waals surface area contributed by atoms with Crippen LogP contribution in [0.25, 0.3) is 0 Å². The van der Waals surface area contributed by atoms with Crippen molar-refractivity contribution < 1.29 is 14.7 Å². The quantitative estimate of drug-likeness (QED) is 0.483. The molecule has 144 valence electrons. The maximum atomic E-state index is 12.6. The highest BCUT2D eigenvalue weighted by atomic mass is 16.4. The van der Waals surface area contributed by atoms with E-state index < -0.39 is 12.1 Å². The minimum Gasteiger partial charge on any atom is -0.465 e. The van der Waals surface area contributed by atoms with Crippen molar-refractivity contribution in [2.75, 3.05) is 13.1 Å². The Kier molecular flexibility index (Phi) is 8.32. The zero-order chi connectivity index (χ0) is 19.5. The van der Waals surface area contributed by atoms with Gasteiger partial charge in [0.1, 0.15) is 6.04 Å². The summed E-state index contributed by atoms with van der Waals surface area (Å²) in [6.45, 7) is 0.910. The van der Waals surface area contributed by atoms with Crippen LogP contribution in [0.5, 0.6) is 0 Å². The second-order valence-electron chi connectivity index (χ2n) is 6.41. The third kappa shape index (κ3) is 6.75. The van der Waals surface area contributed by atoms with Gasteiger partial charge in [-0.05, 0) is 36.9 Å². The average molecular weight is 369 g/mol. The summed E-state index contributed by atoms with van der Waals surface area (Å²) >= 11 is 0. The molecule has 2 amide bonds. The summed E-state index contributed by atoms with van der Waals surface area (Å²) in [7, 11) is 0. The number of carboxylic acid groups (broad SMARTS) is 1. The first-order valence-electron chi connectivity index (χ1n) is 9.19. The Labute approximate surface area is 159 Å². The molecule has 0 radical (unpaired) electrons. The Morgan fingerprint density at radius 1 is 0.926 bits per heavy atom. The Morgan fingerprint density at radius 3 is 1.96 bits per heavy atom. The second-order valence-corrected chi connectivity index (χ2v) is 6.41. The average Bonchev–Trinajstić information content (AvgIpc) is 2.69. The summed E-state index contributed by atoms with van der Waals surface area (Å²) in [5.41, 5.74) is 7.67. The monoisotopic (exact) mass is 369 g/mol. The van der Waals surface area contributed by atoms with Gasteiger partial charge in [-0.2, -0.15) is 0 Å². The van der Waals surface area contributed by atoms with Gasteiger partial charge in [-0.1, -0.05) is 60.7 Å². The van der Waals surface area contributed by atoms with Crippen LogP contribution < -0.4 is 16.4 Å². The number of amides is 2. The lowest BCUT2D eigenvalue weighted by Gasteiger charge is -2.21. The standard InChI is InChI=1S/C21H27N3O3/c22-14-8-7-13-19(24-21(26)27)20(25)23-15-18(16-9-3-1-4-10-16)17-11-5-2-6-12-17/h1-6,9-12,18-19,24H,7-8,13-15,22H2,(H,23,25)(H,26,27)/t19-/m0/s1. The summed E-state index contributed by atoms with van der Waals surface area (Å²) in [6.07, 6.45) is 0.666. The first kappa shape index (κ1) is 20.5. The molecule has 5 N–H and O–H groups in total. The van der Waals surface area contributed by atoms with Crippen LogP contribution in [0.3, 0.4) is 0 Å². The van der Waals surface area contributed by atoms with Crippen LogP contribution in [-0.2, 0) is 4.79 Å². The van der Waals surface area contributed by atoms with E-state index in [9.17, 15) is 9.59 Å². The predicted octanol–water partition coefficient (Wildman–Crippen LogP) is 2.70. The van der Waals surface area contributed by atoms with Crippen LogP contribution in [0.1, 0.15) is 36.3 Å². The van der Waals surface area contributed by atoms with Crippen molar-refractivity contribution in [2.24, 2.45) is 5.73 Å². The minimum absolute atomic E-state index is 0.00845.